The second-order valence-corrected chi connectivity index (χ2v) is 4.90. The van der Waals surface area contributed by atoms with Crippen molar-refractivity contribution >= 4 is 11.7 Å². The molecule has 1 aromatic rings. The van der Waals surface area contributed by atoms with Crippen LogP contribution in [0.3, 0.4) is 0 Å². The first-order valence-corrected chi connectivity index (χ1v) is 5.99. The van der Waals surface area contributed by atoms with E-state index in [1.165, 1.54) is 6.42 Å². The summed E-state index contributed by atoms with van der Waals surface area (Å²) in [4.78, 5) is 11.8. The molecule has 1 aliphatic carbocycles. The summed E-state index contributed by atoms with van der Waals surface area (Å²) >= 11 is 0. The maximum absolute atomic E-state index is 11.8. The molecule has 1 saturated carbocycles. The van der Waals surface area contributed by atoms with Crippen LogP contribution in [0.5, 0.6) is 0 Å². The van der Waals surface area contributed by atoms with Gasteiger partial charge in [-0.1, -0.05) is 12.1 Å². The number of urea groups is 1. The predicted octanol–water partition coefficient (Wildman–Crippen LogP) is 2.21. The van der Waals surface area contributed by atoms with Crippen molar-refractivity contribution in [2.75, 3.05) is 5.32 Å². The zero-order valence-corrected chi connectivity index (χ0v) is 10.1. The number of hydrogen-bond acceptors (Lipinski definition) is 2. The molecule has 0 atom stereocenters. The Hall–Kier alpha value is -1.55. The Morgan fingerprint density at radius 3 is 2.82 bits per heavy atom. The lowest BCUT2D eigenvalue weighted by atomic mass is 9.79. The van der Waals surface area contributed by atoms with Gasteiger partial charge in [0.15, 0.2) is 0 Å². The molecular weight excluding hydrogens is 214 g/mol. The van der Waals surface area contributed by atoms with E-state index in [1.54, 1.807) is 0 Å². The molecule has 1 fully saturated rings. The molecule has 92 valence electrons. The molecule has 0 heterocycles. The molecule has 0 radical (unpaired) electrons. The first-order valence-electron chi connectivity index (χ1n) is 5.99. The number of amides is 2. The van der Waals surface area contributed by atoms with E-state index in [0.717, 1.165) is 24.1 Å². The van der Waals surface area contributed by atoms with Gasteiger partial charge in [0, 0.05) is 17.8 Å². The van der Waals surface area contributed by atoms with E-state index in [1.807, 2.05) is 24.3 Å². The van der Waals surface area contributed by atoms with E-state index in [2.05, 4.69) is 17.6 Å². The van der Waals surface area contributed by atoms with Crippen molar-refractivity contribution in [2.24, 2.45) is 5.73 Å². The van der Waals surface area contributed by atoms with Crippen molar-refractivity contribution in [3.8, 4) is 0 Å². The number of benzene rings is 1. The lowest BCUT2D eigenvalue weighted by Gasteiger charge is -2.39. The topological polar surface area (TPSA) is 67.2 Å². The lowest BCUT2D eigenvalue weighted by molar-refractivity contribution is 0.200. The van der Waals surface area contributed by atoms with E-state index in [0.29, 0.717) is 6.54 Å². The van der Waals surface area contributed by atoms with Crippen molar-refractivity contribution in [1.29, 1.82) is 0 Å². The normalized spacial score (nSPS) is 17.1. The molecule has 0 saturated heterocycles. The summed E-state index contributed by atoms with van der Waals surface area (Å²) in [6.45, 7) is 2.56. The second kappa shape index (κ2) is 4.75. The molecule has 1 aliphatic rings. The van der Waals surface area contributed by atoms with Crippen LogP contribution in [0.25, 0.3) is 0 Å². The van der Waals surface area contributed by atoms with Crippen molar-refractivity contribution in [1.82, 2.24) is 5.32 Å². The summed E-state index contributed by atoms with van der Waals surface area (Å²) in [6, 6.07) is 7.45. The molecule has 0 spiro atoms. The van der Waals surface area contributed by atoms with Gasteiger partial charge < -0.3 is 16.4 Å². The Kier molecular flexibility index (Phi) is 3.33. The largest absolute Gasteiger partial charge is 0.333 e. The monoisotopic (exact) mass is 233 g/mol. The predicted molar refractivity (Wildman–Crippen MR) is 68.7 cm³/mol. The first kappa shape index (κ1) is 11.9. The average Bonchev–Trinajstić information content (AvgIpc) is 2.27. The molecule has 0 aliphatic heterocycles. The third kappa shape index (κ3) is 2.97. The number of rotatable bonds is 3. The third-order valence-corrected chi connectivity index (χ3v) is 3.29. The Bertz CT molecular complexity index is 413. The first-order chi connectivity index (χ1) is 8.11. The third-order valence-electron chi connectivity index (χ3n) is 3.29. The van der Waals surface area contributed by atoms with E-state index >= 15 is 0 Å². The fourth-order valence-corrected chi connectivity index (χ4v) is 2.04. The van der Waals surface area contributed by atoms with Crippen LogP contribution >= 0.6 is 0 Å². The fourth-order valence-electron chi connectivity index (χ4n) is 2.04. The van der Waals surface area contributed by atoms with Crippen molar-refractivity contribution < 1.29 is 4.79 Å². The number of carbonyl (C=O) groups is 1. The van der Waals surface area contributed by atoms with Crippen LogP contribution in [0.1, 0.15) is 31.7 Å². The smallest absolute Gasteiger partial charge is 0.319 e. The van der Waals surface area contributed by atoms with Crippen molar-refractivity contribution in [2.45, 2.75) is 38.3 Å². The number of nitrogens with one attached hydrogen (secondary N) is 2. The minimum atomic E-state index is -0.138. The number of hydrogen-bond donors (Lipinski definition) is 3. The van der Waals surface area contributed by atoms with Crippen molar-refractivity contribution in [3.63, 3.8) is 0 Å². The minimum Gasteiger partial charge on any atom is -0.333 e. The molecular formula is C13H19N3O. The SMILES string of the molecule is CC1(NC(=O)Nc2cccc(CN)c2)CCC1. The van der Waals surface area contributed by atoms with Gasteiger partial charge in [-0.25, -0.2) is 4.79 Å². The average molecular weight is 233 g/mol. The summed E-state index contributed by atoms with van der Waals surface area (Å²) in [7, 11) is 0. The molecule has 0 aromatic heterocycles. The van der Waals surface area contributed by atoms with Gasteiger partial charge in [-0.3, -0.25) is 0 Å². The van der Waals surface area contributed by atoms with Crippen LogP contribution in [0.4, 0.5) is 10.5 Å². The van der Waals surface area contributed by atoms with Gasteiger partial charge in [-0.05, 0) is 43.9 Å². The van der Waals surface area contributed by atoms with Crippen LogP contribution in [0.2, 0.25) is 0 Å². The van der Waals surface area contributed by atoms with Crippen LogP contribution in [-0.2, 0) is 6.54 Å². The number of nitrogens with two attached hydrogens (primary N) is 1. The zero-order chi connectivity index (χ0) is 12.3. The van der Waals surface area contributed by atoms with Gasteiger partial charge in [0.1, 0.15) is 0 Å². The minimum absolute atomic E-state index is 0.0183. The standard InChI is InChI=1S/C13H19N3O/c1-13(6-3-7-13)16-12(17)15-11-5-2-4-10(8-11)9-14/h2,4-5,8H,3,6-7,9,14H2,1H3,(H2,15,16,17). The molecule has 4 nitrogen and oxygen atoms in total. The van der Waals surface area contributed by atoms with E-state index < -0.39 is 0 Å². The van der Waals surface area contributed by atoms with E-state index in [-0.39, 0.29) is 11.6 Å². The molecule has 2 rings (SSSR count). The molecule has 17 heavy (non-hydrogen) atoms. The number of anilines is 1. The Morgan fingerprint density at radius 1 is 1.47 bits per heavy atom. The number of carbonyl (C=O) groups excluding carboxylic acids is 1. The van der Waals surface area contributed by atoms with E-state index in [4.69, 9.17) is 5.73 Å². The summed E-state index contributed by atoms with van der Waals surface area (Å²) in [6.07, 6.45) is 3.31. The summed E-state index contributed by atoms with van der Waals surface area (Å²) in [5.74, 6) is 0. The summed E-state index contributed by atoms with van der Waals surface area (Å²) in [5.41, 5.74) is 7.33. The van der Waals surface area contributed by atoms with E-state index in [9.17, 15) is 4.79 Å². The van der Waals surface area contributed by atoms with Crippen LogP contribution < -0.4 is 16.4 Å². The molecule has 0 bridgehead atoms. The van der Waals surface area contributed by atoms with Gasteiger partial charge >= 0.3 is 6.03 Å². The highest BCUT2D eigenvalue weighted by Crippen LogP contribution is 2.30. The maximum Gasteiger partial charge on any atom is 0.319 e. The highest BCUT2D eigenvalue weighted by atomic mass is 16.2. The second-order valence-electron chi connectivity index (χ2n) is 4.90. The maximum atomic E-state index is 11.8. The molecule has 1 aromatic carbocycles. The van der Waals surface area contributed by atoms with Gasteiger partial charge in [0.05, 0.1) is 0 Å². The van der Waals surface area contributed by atoms with Gasteiger partial charge in [-0.2, -0.15) is 0 Å². The lowest BCUT2D eigenvalue weighted by Crippen LogP contribution is -2.52. The highest BCUT2D eigenvalue weighted by Gasteiger charge is 2.33. The van der Waals surface area contributed by atoms with Gasteiger partial charge in [0.25, 0.3) is 0 Å². The van der Waals surface area contributed by atoms with Crippen LogP contribution in [0.15, 0.2) is 24.3 Å². The highest BCUT2D eigenvalue weighted by molar-refractivity contribution is 5.89. The molecule has 0 unspecified atom stereocenters. The Balaban J connectivity index is 1.93. The van der Waals surface area contributed by atoms with Gasteiger partial charge in [-0.15, -0.1) is 0 Å². The van der Waals surface area contributed by atoms with Gasteiger partial charge in [0.2, 0.25) is 0 Å². The fraction of sp³-hybridized carbons (Fsp3) is 0.462. The Labute approximate surface area is 102 Å². The van der Waals surface area contributed by atoms with Crippen molar-refractivity contribution in [3.05, 3.63) is 29.8 Å². The molecule has 4 heteroatoms. The molecule has 2 amide bonds. The Morgan fingerprint density at radius 2 is 2.24 bits per heavy atom. The summed E-state index contributed by atoms with van der Waals surface area (Å²) in [5, 5.41) is 5.83. The van der Waals surface area contributed by atoms with Crippen LogP contribution in [-0.4, -0.2) is 11.6 Å². The quantitative estimate of drug-likeness (QED) is 0.749. The van der Waals surface area contributed by atoms with Crippen LogP contribution in [0, 0.1) is 0 Å². The zero-order valence-electron chi connectivity index (χ0n) is 10.1. The summed E-state index contributed by atoms with van der Waals surface area (Å²) < 4.78 is 0. The molecule has 4 N–H and O–H groups in total.